The van der Waals surface area contributed by atoms with Gasteiger partial charge >= 0.3 is 0 Å². The normalized spacial score (nSPS) is 19.8. The highest BCUT2D eigenvalue weighted by molar-refractivity contribution is 6.96. The smallest absolute Gasteiger partial charge is 0.0674 e. The fourth-order valence-corrected chi connectivity index (χ4v) is 6.82. The molecule has 0 aromatic heterocycles. The highest BCUT2D eigenvalue weighted by Gasteiger charge is 2.40. The van der Waals surface area contributed by atoms with Crippen molar-refractivity contribution in [1.82, 2.24) is 0 Å². The Balaban J connectivity index is 2.46. The number of rotatable bonds is 3. The Labute approximate surface area is 106 Å². The summed E-state index contributed by atoms with van der Waals surface area (Å²) < 4.78 is 0. The van der Waals surface area contributed by atoms with E-state index in [4.69, 9.17) is 0 Å². The van der Waals surface area contributed by atoms with Crippen molar-refractivity contribution in [3.8, 4) is 0 Å². The zero-order valence-corrected chi connectivity index (χ0v) is 12.2. The van der Waals surface area contributed by atoms with Gasteiger partial charge in [0.05, 0.1) is 8.07 Å². The second-order valence-corrected chi connectivity index (χ2v) is 9.57. The first-order valence-electron chi connectivity index (χ1n) is 6.38. The van der Waals surface area contributed by atoms with Crippen molar-refractivity contribution >= 4 is 13.3 Å². The molecule has 0 fully saturated rings. The van der Waals surface area contributed by atoms with Crippen LogP contribution in [0, 0.1) is 5.54 Å². The molecule has 17 heavy (non-hydrogen) atoms. The summed E-state index contributed by atoms with van der Waals surface area (Å²) in [6.45, 7) is 9.35. The Morgan fingerprint density at radius 3 is 1.94 bits per heavy atom. The SMILES string of the molecule is CC[Si](C)([C]1C(C)=CC=C1C)c1ccccc1. The van der Waals surface area contributed by atoms with Crippen LogP contribution in [0.3, 0.4) is 0 Å². The minimum atomic E-state index is -1.51. The summed E-state index contributed by atoms with van der Waals surface area (Å²) in [5.74, 6) is 0. The van der Waals surface area contributed by atoms with Gasteiger partial charge in [-0.05, 0) is 13.8 Å². The van der Waals surface area contributed by atoms with Crippen molar-refractivity contribution in [2.75, 3.05) is 0 Å². The quantitative estimate of drug-likeness (QED) is 0.701. The van der Waals surface area contributed by atoms with Crippen LogP contribution in [0.5, 0.6) is 0 Å². The van der Waals surface area contributed by atoms with Crippen LogP contribution >= 0.6 is 0 Å². The van der Waals surface area contributed by atoms with Gasteiger partial charge in [0.2, 0.25) is 0 Å². The first kappa shape index (κ1) is 12.4. The van der Waals surface area contributed by atoms with Crippen LogP contribution in [0.1, 0.15) is 20.8 Å². The third-order valence-electron chi connectivity index (χ3n) is 4.04. The predicted molar refractivity (Wildman–Crippen MR) is 78.9 cm³/mol. The van der Waals surface area contributed by atoms with Gasteiger partial charge in [0.1, 0.15) is 0 Å². The molecule has 1 atom stereocenters. The predicted octanol–water partition coefficient (Wildman–Crippen LogP) is 4.01. The summed E-state index contributed by atoms with van der Waals surface area (Å²) in [6, 6.07) is 12.3. The van der Waals surface area contributed by atoms with Crippen LogP contribution < -0.4 is 5.19 Å². The molecular formula is C16H21Si. The van der Waals surface area contributed by atoms with Crippen molar-refractivity contribution < 1.29 is 0 Å². The van der Waals surface area contributed by atoms with E-state index in [-0.39, 0.29) is 0 Å². The standard InChI is InChI=1S/C16H21Si/c1-5-17(4,15-9-7-6-8-10-15)16-13(2)11-12-14(16)3/h6-12H,5H2,1-4H3. The molecule has 0 N–H and O–H groups in total. The van der Waals surface area contributed by atoms with Gasteiger partial charge in [0.25, 0.3) is 0 Å². The van der Waals surface area contributed by atoms with Crippen molar-refractivity contribution in [3.05, 3.63) is 59.2 Å². The lowest BCUT2D eigenvalue weighted by atomic mass is 10.2. The lowest BCUT2D eigenvalue weighted by Gasteiger charge is -2.35. The van der Waals surface area contributed by atoms with Crippen molar-refractivity contribution in [3.63, 3.8) is 0 Å². The topological polar surface area (TPSA) is 0 Å². The minimum Gasteiger partial charge on any atom is -0.0674 e. The molecule has 1 heteroatoms. The van der Waals surface area contributed by atoms with E-state index >= 15 is 0 Å². The van der Waals surface area contributed by atoms with Gasteiger partial charge in [0, 0.05) is 5.54 Å². The summed E-state index contributed by atoms with van der Waals surface area (Å²) in [5, 5.41) is 1.56. The van der Waals surface area contributed by atoms with E-state index in [1.165, 1.54) is 17.2 Å². The Morgan fingerprint density at radius 2 is 1.47 bits per heavy atom. The maximum absolute atomic E-state index is 2.50. The zero-order valence-electron chi connectivity index (χ0n) is 11.2. The summed E-state index contributed by atoms with van der Waals surface area (Å²) in [7, 11) is -1.51. The number of hydrogen-bond acceptors (Lipinski definition) is 0. The molecular weight excluding hydrogens is 220 g/mol. The molecule has 0 bridgehead atoms. The van der Waals surface area contributed by atoms with Crippen molar-refractivity contribution in [2.24, 2.45) is 0 Å². The number of benzene rings is 1. The van der Waals surface area contributed by atoms with Crippen LogP contribution in [0.4, 0.5) is 0 Å². The maximum Gasteiger partial charge on any atom is 0.0992 e. The number of allylic oxidation sites excluding steroid dienone is 4. The monoisotopic (exact) mass is 241 g/mol. The van der Waals surface area contributed by atoms with Crippen LogP contribution in [0.2, 0.25) is 12.6 Å². The molecule has 0 spiro atoms. The van der Waals surface area contributed by atoms with E-state index in [1.807, 2.05) is 0 Å². The fraction of sp³-hybridized carbons (Fsp3) is 0.312. The van der Waals surface area contributed by atoms with E-state index in [9.17, 15) is 0 Å². The molecule has 1 aliphatic carbocycles. The van der Waals surface area contributed by atoms with Crippen LogP contribution in [-0.2, 0) is 0 Å². The van der Waals surface area contributed by atoms with E-state index < -0.39 is 8.07 Å². The number of hydrogen-bond donors (Lipinski definition) is 0. The van der Waals surface area contributed by atoms with Gasteiger partial charge in [-0.15, -0.1) is 0 Å². The summed E-state index contributed by atoms with van der Waals surface area (Å²) in [4.78, 5) is 0. The van der Waals surface area contributed by atoms with E-state index in [0.717, 1.165) is 0 Å². The van der Waals surface area contributed by atoms with E-state index in [0.29, 0.717) is 0 Å². The second-order valence-electron chi connectivity index (χ2n) is 5.13. The van der Waals surface area contributed by atoms with Crippen molar-refractivity contribution in [2.45, 2.75) is 33.4 Å². The average Bonchev–Trinajstić information content (AvgIpc) is 2.70. The van der Waals surface area contributed by atoms with E-state index in [2.05, 4.69) is 69.8 Å². The first-order chi connectivity index (χ1) is 8.09. The van der Waals surface area contributed by atoms with Gasteiger partial charge in [-0.2, -0.15) is 0 Å². The largest absolute Gasteiger partial charge is 0.0992 e. The van der Waals surface area contributed by atoms with Gasteiger partial charge in [-0.3, -0.25) is 0 Å². The third-order valence-corrected chi connectivity index (χ3v) is 8.96. The lowest BCUT2D eigenvalue weighted by Crippen LogP contribution is -2.50. The molecule has 1 unspecified atom stereocenters. The molecule has 0 saturated carbocycles. The van der Waals surface area contributed by atoms with Gasteiger partial charge in [-0.1, -0.05) is 78.3 Å². The van der Waals surface area contributed by atoms with Crippen LogP contribution in [-0.4, -0.2) is 8.07 Å². The minimum absolute atomic E-state index is 1.27. The molecule has 89 valence electrons. The van der Waals surface area contributed by atoms with Gasteiger partial charge < -0.3 is 0 Å². The summed E-state index contributed by atoms with van der Waals surface area (Å²) >= 11 is 0. The van der Waals surface area contributed by atoms with E-state index in [1.54, 1.807) is 10.7 Å². The molecule has 0 amide bonds. The lowest BCUT2D eigenvalue weighted by molar-refractivity contribution is 1.23. The second kappa shape index (κ2) is 4.65. The third kappa shape index (κ3) is 2.04. The Bertz CT molecular complexity index is 438. The molecule has 1 aromatic rings. The molecule has 2 rings (SSSR count). The Hall–Kier alpha value is -1.08. The van der Waals surface area contributed by atoms with Crippen LogP contribution in [0.25, 0.3) is 0 Å². The molecule has 1 aromatic carbocycles. The highest BCUT2D eigenvalue weighted by Crippen LogP contribution is 2.38. The average molecular weight is 241 g/mol. The first-order valence-corrected chi connectivity index (χ1v) is 9.09. The maximum atomic E-state index is 2.50. The molecule has 0 saturated heterocycles. The molecule has 1 radical (unpaired) electrons. The zero-order chi connectivity index (χ0) is 12.5. The van der Waals surface area contributed by atoms with Crippen molar-refractivity contribution in [1.29, 1.82) is 0 Å². The Kier molecular flexibility index (Phi) is 3.39. The summed E-state index contributed by atoms with van der Waals surface area (Å²) in [6.07, 6.45) is 4.54. The van der Waals surface area contributed by atoms with Gasteiger partial charge in [-0.25, -0.2) is 0 Å². The van der Waals surface area contributed by atoms with Crippen LogP contribution in [0.15, 0.2) is 53.6 Å². The summed E-state index contributed by atoms with van der Waals surface area (Å²) in [5.41, 5.74) is 4.59. The molecule has 0 nitrogen and oxygen atoms in total. The molecule has 1 aliphatic rings. The Morgan fingerprint density at radius 1 is 0.941 bits per heavy atom. The fourth-order valence-electron chi connectivity index (χ4n) is 2.93. The molecule has 0 heterocycles. The molecule has 0 aliphatic heterocycles. The highest BCUT2D eigenvalue weighted by atomic mass is 28.3. The van der Waals surface area contributed by atoms with Gasteiger partial charge in [0.15, 0.2) is 0 Å².